The molecular weight excluding hydrogens is 264 g/mol. The highest BCUT2D eigenvalue weighted by Crippen LogP contribution is 2.42. The van der Waals surface area contributed by atoms with E-state index >= 15 is 0 Å². The highest BCUT2D eigenvalue weighted by Gasteiger charge is 2.26. The normalized spacial score (nSPS) is 15.2. The van der Waals surface area contributed by atoms with E-state index in [-0.39, 0.29) is 5.96 Å². The van der Waals surface area contributed by atoms with Crippen molar-refractivity contribution in [3.05, 3.63) is 29.3 Å². The number of benzene rings is 1. The van der Waals surface area contributed by atoms with Crippen molar-refractivity contribution in [2.24, 2.45) is 21.5 Å². The zero-order valence-corrected chi connectivity index (χ0v) is 12.4. The van der Waals surface area contributed by atoms with Crippen molar-refractivity contribution in [2.75, 3.05) is 13.2 Å². The Bertz CT molecular complexity index is 509. The lowest BCUT2D eigenvalue weighted by molar-refractivity contribution is 0.117. The van der Waals surface area contributed by atoms with Crippen LogP contribution in [0.4, 0.5) is 5.69 Å². The molecule has 5 nitrogen and oxygen atoms in total. The van der Waals surface area contributed by atoms with Crippen LogP contribution in [0.5, 0.6) is 0 Å². The number of rotatable bonds is 8. The van der Waals surface area contributed by atoms with Crippen LogP contribution >= 0.6 is 0 Å². The van der Waals surface area contributed by atoms with Crippen LogP contribution in [0.2, 0.25) is 0 Å². The lowest BCUT2D eigenvalue weighted by Crippen LogP contribution is -2.06. The predicted octanol–water partition coefficient (Wildman–Crippen LogP) is 2.47. The molecule has 5 heteroatoms. The number of hydrogen-bond acceptors (Lipinski definition) is 3. The molecule has 114 valence electrons. The predicted molar refractivity (Wildman–Crippen MR) is 87.2 cm³/mol. The lowest BCUT2D eigenvalue weighted by Gasteiger charge is -2.11. The third-order valence-corrected chi connectivity index (χ3v) is 3.55. The summed E-state index contributed by atoms with van der Waals surface area (Å²) in [4.78, 5) is 7.82. The highest BCUT2D eigenvalue weighted by atomic mass is 16.5. The summed E-state index contributed by atoms with van der Waals surface area (Å²) in [6, 6.07) is 6.14. The van der Waals surface area contributed by atoms with Gasteiger partial charge in [-0.2, -0.15) is 0 Å². The smallest absolute Gasteiger partial charge is 0.219 e. The fourth-order valence-corrected chi connectivity index (χ4v) is 2.28. The van der Waals surface area contributed by atoms with Gasteiger partial charge in [-0.25, -0.2) is 9.98 Å². The monoisotopic (exact) mass is 288 g/mol. The van der Waals surface area contributed by atoms with Gasteiger partial charge < -0.3 is 16.2 Å². The molecule has 0 aliphatic heterocycles. The third kappa shape index (κ3) is 4.95. The minimum absolute atomic E-state index is 0.184. The first-order valence-corrected chi connectivity index (χ1v) is 7.46. The number of nitrogens with zero attached hydrogens (tertiary/aromatic N) is 2. The van der Waals surface area contributed by atoms with Gasteiger partial charge in [-0.15, -0.1) is 0 Å². The van der Waals surface area contributed by atoms with Crippen LogP contribution in [0.3, 0.4) is 0 Å². The topological polar surface area (TPSA) is 86.0 Å². The summed E-state index contributed by atoms with van der Waals surface area (Å²) in [5, 5.41) is 0. The van der Waals surface area contributed by atoms with Gasteiger partial charge in [0.05, 0.1) is 12.3 Å². The van der Waals surface area contributed by atoms with Crippen LogP contribution in [0.25, 0.3) is 0 Å². The van der Waals surface area contributed by atoms with Gasteiger partial charge in [0.15, 0.2) is 0 Å². The van der Waals surface area contributed by atoms with Gasteiger partial charge in [0.2, 0.25) is 5.96 Å². The standard InChI is InChI=1S/C16H24N4O/c1-19-16(18)20-14-6-7-15(12-4-5-12)13(10-14)11-21-9-3-2-8-17/h6-7,10,12H,1-5,8-9,11,17H2,(H2,18,20). The summed E-state index contributed by atoms with van der Waals surface area (Å²) in [7, 11) is 0. The van der Waals surface area contributed by atoms with E-state index in [4.69, 9.17) is 16.2 Å². The molecule has 21 heavy (non-hydrogen) atoms. The highest BCUT2D eigenvalue weighted by molar-refractivity contribution is 5.84. The average Bonchev–Trinajstić information content (AvgIpc) is 3.32. The molecular formula is C16H24N4O. The second-order valence-corrected chi connectivity index (χ2v) is 5.33. The summed E-state index contributed by atoms with van der Waals surface area (Å²) >= 11 is 0. The van der Waals surface area contributed by atoms with Crippen molar-refractivity contribution in [2.45, 2.75) is 38.2 Å². The first-order chi connectivity index (χ1) is 10.2. The van der Waals surface area contributed by atoms with Crippen molar-refractivity contribution in [3.8, 4) is 0 Å². The molecule has 0 heterocycles. The van der Waals surface area contributed by atoms with Crippen molar-refractivity contribution in [1.82, 2.24) is 0 Å². The largest absolute Gasteiger partial charge is 0.377 e. The van der Waals surface area contributed by atoms with Crippen LogP contribution in [-0.2, 0) is 11.3 Å². The maximum absolute atomic E-state index is 5.76. The molecule has 0 spiro atoms. The van der Waals surface area contributed by atoms with E-state index in [0.717, 1.165) is 25.1 Å². The Labute approximate surface area is 126 Å². The molecule has 1 fully saturated rings. The van der Waals surface area contributed by atoms with Crippen molar-refractivity contribution < 1.29 is 4.74 Å². The van der Waals surface area contributed by atoms with Crippen LogP contribution < -0.4 is 11.5 Å². The molecule has 0 saturated heterocycles. The maximum Gasteiger partial charge on any atom is 0.219 e. The van der Waals surface area contributed by atoms with Crippen LogP contribution in [0.15, 0.2) is 28.2 Å². The summed E-state index contributed by atoms with van der Waals surface area (Å²) < 4.78 is 5.76. The molecule has 0 atom stereocenters. The number of unbranched alkanes of at least 4 members (excludes halogenated alkanes) is 1. The van der Waals surface area contributed by atoms with E-state index < -0.39 is 0 Å². The summed E-state index contributed by atoms with van der Waals surface area (Å²) in [5.41, 5.74) is 14.4. The number of aliphatic imine (C=N–C) groups is 2. The van der Waals surface area contributed by atoms with E-state index in [1.54, 1.807) is 0 Å². The van der Waals surface area contributed by atoms with Gasteiger partial charge in [0.1, 0.15) is 0 Å². The molecule has 1 aliphatic rings. The van der Waals surface area contributed by atoms with E-state index in [1.807, 2.05) is 12.1 Å². The Morgan fingerprint density at radius 2 is 2.14 bits per heavy atom. The Kier molecular flexibility index (Phi) is 5.90. The SMILES string of the molecule is C=NC(N)=Nc1ccc(C2CC2)c(COCCCCN)c1. The molecule has 1 saturated carbocycles. The summed E-state index contributed by atoms with van der Waals surface area (Å²) in [6.45, 7) is 5.44. The molecule has 1 aromatic carbocycles. The zero-order valence-electron chi connectivity index (χ0n) is 12.4. The second-order valence-electron chi connectivity index (χ2n) is 5.33. The molecule has 0 amide bonds. The Hall–Kier alpha value is -1.72. The van der Waals surface area contributed by atoms with Crippen molar-refractivity contribution >= 4 is 18.4 Å². The minimum atomic E-state index is 0.184. The fraction of sp³-hybridized carbons (Fsp3) is 0.500. The summed E-state index contributed by atoms with van der Waals surface area (Å²) in [5.74, 6) is 0.865. The van der Waals surface area contributed by atoms with Gasteiger partial charge in [0, 0.05) is 6.61 Å². The van der Waals surface area contributed by atoms with Gasteiger partial charge in [-0.3, -0.25) is 0 Å². The van der Waals surface area contributed by atoms with Crippen molar-refractivity contribution in [3.63, 3.8) is 0 Å². The molecule has 0 unspecified atom stereocenters. The molecule has 0 bridgehead atoms. The van der Waals surface area contributed by atoms with Crippen LogP contribution in [0.1, 0.15) is 42.7 Å². The number of ether oxygens (including phenoxy) is 1. The first-order valence-electron chi connectivity index (χ1n) is 7.46. The molecule has 1 aliphatic carbocycles. The van der Waals surface area contributed by atoms with Crippen LogP contribution in [0, 0.1) is 0 Å². The molecule has 0 aromatic heterocycles. The first kappa shape index (κ1) is 15.7. The van der Waals surface area contributed by atoms with Crippen LogP contribution in [-0.4, -0.2) is 25.8 Å². The molecule has 0 radical (unpaired) electrons. The van der Waals surface area contributed by atoms with Crippen molar-refractivity contribution in [1.29, 1.82) is 0 Å². The minimum Gasteiger partial charge on any atom is -0.377 e. The zero-order chi connectivity index (χ0) is 15.1. The Balaban J connectivity index is 2.04. The maximum atomic E-state index is 5.76. The van der Waals surface area contributed by atoms with Gasteiger partial charge in [0.25, 0.3) is 0 Å². The van der Waals surface area contributed by atoms with E-state index in [2.05, 4.69) is 22.8 Å². The van der Waals surface area contributed by atoms with E-state index in [0.29, 0.717) is 19.1 Å². The summed E-state index contributed by atoms with van der Waals surface area (Å²) in [6.07, 6.45) is 4.53. The Morgan fingerprint density at radius 1 is 1.33 bits per heavy atom. The number of nitrogens with two attached hydrogens (primary N) is 2. The number of guanidine groups is 1. The Morgan fingerprint density at radius 3 is 2.81 bits per heavy atom. The van der Waals surface area contributed by atoms with E-state index in [9.17, 15) is 0 Å². The quantitative estimate of drug-likeness (QED) is 0.437. The number of hydrogen-bond donors (Lipinski definition) is 2. The molecule has 4 N–H and O–H groups in total. The second kappa shape index (κ2) is 7.90. The molecule has 1 aromatic rings. The average molecular weight is 288 g/mol. The third-order valence-electron chi connectivity index (χ3n) is 3.55. The van der Waals surface area contributed by atoms with Gasteiger partial charge >= 0.3 is 0 Å². The molecule has 2 rings (SSSR count). The lowest BCUT2D eigenvalue weighted by atomic mass is 10.0. The fourth-order valence-electron chi connectivity index (χ4n) is 2.28. The van der Waals surface area contributed by atoms with Gasteiger partial charge in [-0.05, 0) is 68.1 Å². The van der Waals surface area contributed by atoms with E-state index in [1.165, 1.54) is 24.0 Å². The van der Waals surface area contributed by atoms with Gasteiger partial charge in [-0.1, -0.05) is 6.07 Å².